The molecule has 0 radical (unpaired) electrons. The lowest BCUT2D eigenvalue weighted by atomic mass is 10.0. The first-order valence-electron chi connectivity index (χ1n) is 8.75. The topological polar surface area (TPSA) is 96.8 Å². The largest absolute Gasteiger partial charge is 0.507 e. The van der Waals surface area contributed by atoms with Crippen LogP contribution in [0.3, 0.4) is 0 Å². The average Bonchev–Trinajstić information content (AvgIpc) is 2.72. The summed E-state index contributed by atoms with van der Waals surface area (Å²) < 4.78 is 5.75. The lowest BCUT2D eigenvalue weighted by Gasteiger charge is -2.36. The molecular formula is C20H20N2O5. The van der Waals surface area contributed by atoms with Crippen molar-refractivity contribution < 1.29 is 24.2 Å². The van der Waals surface area contributed by atoms with Gasteiger partial charge in [-0.3, -0.25) is 19.4 Å². The van der Waals surface area contributed by atoms with Crippen molar-refractivity contribution in [1.82, 2.24) is 9.88 Å². The van der Waals surface area contributed by atoms with Crippen molar-refractivity contribution in [2.45, 2.75) is 25.3 Å². The first-order chi connectivity index (χ1) is 13.2. The molecule has 1 aromatic heterocycles. The Labute approximate surface area is 156 Å². The molecule has 2 aromatic rings. The zero-order valence-electron chi connectivity index (χ0n) is 14.7. The van der Waals surface area contributed by atoms with Gasteiger partial charge in [0.1, 0.15) is 18.1 Å². The van der Waals surface area contributed by atoms with E-state index in [0.717, 1.165) is 19.3 Å². The fourth-order valence-corrected chi connectivity index (χ4v) is 3.25. The summed E-state index contributed by atoms with van der Waals surface area (Å²) >= 11 is 0. The van der Waals surface area contributed by atoms with E-state index in [1.54, 1.807) is 17.0 Å². The smallest absolute Gasteiger partial charge is 0.255 e. The third-order valence-corrected chi connectivity index (χ3v) is 4.69. The summed E-state index contributed by atoms with van der Waals surface area (Å²) in [6.45, 7) is 0.756. The lowest BCUT2D eigenvalue weighted by Crippen LogP contribution is -2.47. The Morgan fingerprint density at radius 1 is 1.26 bits per heavy atom. The second kappa shape index (κ2) is 8.44. The molecule has 27 heavy (non-hydrogen) atoms. The predicted octanol–water partition coefficient (Wildman–Crippen LogP) is 2.49. The maximum absolute atomic E-state index is 13.0. The van der Waals surface area contributed by atoms with Gasteiger partial charge in [-0.2, -0.15) is 0 Å². The van der Waals surface area contributed by atoms with E-state index < -0.39 is 0 Å². The molecule has 1 N–H and O–H groups in total. The molecule has 0 aliphatic carbocycles. The summed E-state index contributed by atoms with van der Waals surface area (Å²) in [5, 5.41) is 9.76. The van der Waals surface area contributed by atoms with E-state index in [2.05, 4.69) is 4.98 Å². The van der Waals surface area contributed by atoms with E-state index in [4.69, 9.17) is 4.74 Å². The minimum Gasteiger partial charge on any atom is -0.507 e. The highest BCUT2D eigenvalue weighted by Gasteiger charge is 2.29. The molecule has 3 rings (SSSR count). The van der Waals surface area contributed by atoms with Gasteiger partial charge in [-0.05, 0) is 37.5 Å². The van der Waals surface area contributed by atoms with Crippen LogP contribution in [0.15, 0.2) is 36.7 Å². The number of aldehydes is 2. The van der Waals surface area contributed by atoms with E-state index in [-0.39, 0.29) is 41.2 Å². The number of likely N-dealkylation sites (tertiary alicyclic amines) is 1. The number of aromatic hydroxyl groups is 1. The summed E-state index contributed by atoms with van der Waals surface area (Å²) in [5.41, 5.74) is 0.658. The Hall–Kier alpha value is -3.22. The summed E-state index contributed by atoms with van der Waals surface area (Å²) in [5.74, 6) is -0.105. The zero-order chi connectivity index (χ0) is 19.2. The minimum atomic E-state index is -0.237. The van der Waals surface area contributed by atoms with Crippen LogP contribution in [0, 0.1) is 0 Å². The van der Waals surface area contributed by atoms with Crippen LogP contribution < -0.4 is 4.74 Å². The summed E-state index contributed by atoms with van der Waals surface area (Å²) in [6.07, 6.45) is 6.60. The van der Waals surface area contributed by atoms with Gasteiger partial charge in [0.25, 0.3) is 5.91 Å². The highest BCUT2D eigenvalue weighted by Crippen LogP contribution is 2.27. The van der Waals surface area contributed by atoms with E-state index >= 15 is 0 Å². The van der Waals surface area contributed by atoms with E-state index in [1.807, 2.05) is 0 Å². The maximum Gasteiger partial charge on any atom is 0.255 e. The molecular weight excluding hydrogens is 348 g/mol. The first kappa shape index (κ1) is 18.6. The standard InChI is InChI=1S/C20H20N2O5/c23-11-14-10-21-8-7-16(14)20(26)22-9-2-1-4-15(22)13-27-19-6-3-5-18(25)17(19)12-24/h3,5-8,10-12,15,25H,1-2,4,9,13H2. The van der Waals surface area contributed by atoms with Gasteiger partial charge in [-0.25, -0.2) is 0 Å². The van der Waals surface area contributed by atoms with Crippen molar-refractivity contribution >= 4 is 18.5 Å². The Bertz CT molecular complexity index is 852. The van der Waals surface area contributed by atoms with E-state index in [1.165, 1.54) is 24.5 Å². The van der Waals surface area contributed by atoms with Gasteiger partial charge in [0.15, 0.2) is 12.6 Å². The molecule has 7 heteroatoms. The fraction of sp³-hybridized carbons (Fsp3) is 0.300. The van der Waals surface area contributed by atoms with Gasteiger partial charge in [-0.15, -0.1) is 0 Å². The monoisotopic (exact) mass is 368 g/mol. The highest BCUT2D eigenvalue weighted by atomic mass is 16.5. The number of aromatic nitrogens is 1. The molecule has 1 aromatic carbocycles. The van der Waals surface area contributed by atoms with Crippen molar-refractivity contribution in [2.24, 2.45) is 0 Å². The second-order valence-corrected chi connectivity index (χ2v) is 6.35. The number of nitrogens with zero attached hydrogens (tertiary/aromatic N) is 2. The number of pyridine rings is 1. The molecule has 1 unspecified atom stereocenters. The molecule has 1 atom stereocenters. The number of ether oxygens (including phenoxy) is 1. The van der Waals surface area contributed by atoms with Crippen LogP contribution in [-0.2, 0) is 0 Å². The second-order valence-electron chi connectivity index (χ2n) is 6.35. The number of hydrogen-bond acceptors (Lipinski definition) is 6. The number of rotatable bonds is 6. The first-order valence-corrected chi connectivity index (χ1v) is 8.75. The van der Waals surface area contributed by atoms with Gasteiger partial charge >= 0.3 is 0 Å². The molecule has 1 aliphatic rings. The number of benzene rings is 1. The van der Waals surface area contributed by atoms with Gasteiger partial charge in [0.2, 0.25) is 0 Å². The van der Waals surface area contributed by atoms with Crippen LogP contribution in [0.4, 0.5) is 0 Å². The normalized spacial score (nSPS) is 16.6. The van der Waals surface area contributed by atoms with Crippen molar-refractivity contribution in [2.75, 3.05) is 13.2 Å². The number of phenols is 1. The van der Waals surface area contributed by atoms with Crippen molar-refractivity contribution in [1.29, 1.82) is 0 Å². The van der Waals surface area contributed by atoms with E-state index in [0.29, 0.717) is 24.7 Å². The van der Waals surface area contributed by atoms with Crippen molar-refractivity contribution in [3.63, 3.8) is 0 Å². The van der Waals surface area contributed by atoms with Crippen LogP contribution in [0.1, 0.15) is 50.3 Å². The lowest BCUT2D eigenvalue weighted by molar-refractivity contribution is 0.0525. The van der Waals surface area contributed by atoms with Crippen molar-refractivity contribution in [3.05, 3.63) is 53.3 Å². The van der Waals surface area contributed by atoms with Crippen LogP contribution in [0.2, 0.25) is 0 Å². The minimum absolute atomic E-state index is 0.0866. The third kappa shape index (κ3) is 3.97. The SMILES string of the molecule is O=Cc1cnccc1C(=O)N1CCCCC1COc1cccc(O)c1C=O. The van der Waals surface area contributed by atoms with Gasteiger partial charge in [0, 0.05) is 24.5 Å². The Kier molecular flexibility index (Phi) is 5.80. The van der Waals surface area contributed by atoms with Crippen LogP contribution in [0.5, 0.6) is 11.5 Å². The van der Waals surface area contributed by atoms with Gasteiger partial charge < -0.3 is 14.7 Å². The van der Waals surface area contributed by atoms with Crippen molar-refractivity contribution in [3.8, 4) is 11.5 Å². The number of phenolic OH excluding ortho intramolecular Hbond substituents is 1. The number of piperidine rings is 1. The summed E-state index contributed by atoms with van der Waals surface area (Å²) in [7, 11) is 0. The van der Waals surface area contributed by atoms with E-state index in [9.17, 15) is 19.5 Å². The summed E-state index contributed by atoms with van der Waals surface area (Å²) in [6, 6.07) is 5.96. The Morgan fingerprint density at radius 3 is 2.89 bits per heavy atom. The maximum atomic E-state index is 13.0. The molecule has 1 aliphatic heterocycles. The number of hydrogen-bond donors (Lipinski definition) is 1. The molecule has 2 heterocycles. The Morgan fingerprint density at radius 2 is 2.11 bits per heavy atom. The fourth-order valence-electron chi connectivity index (χ4n) is 3.25. The quantitative estimate of drug-likeness (QED) is 0.787. The van der Waals surface area contributed by atoms with Crippen LogP contribution in [-0.4, -0.2) is 52.7 Å². The predicted molar refractivity (Wildman–Crippen MR) is 97.3 cm³/mol. The molecule has 0 saturated carbocycles. The third-order valence-electron chi connectivity index (χ3n) is 4.69. The van der Waals surface area contributed by atoms with Crippen LogP contribution in [0.25, 0.3) is 0 Å². The zero-order valence-corrected chi connectivity index (χ0v) is 14.7. The van der Waals surface area contributed by atoms with Gasteiger partial charge in [0.05, 0.1) is 17.2 Å². The molecule has 1 saturated heterocycles. The van der Waals surface area contributed by atoms with Crippen LogP contribution >= 0.6 is 0 Å². The molecule has 140 valence electrons. The molecule has 1 amide bonds. The Balaban J connectivity index is 1.78. The average molecular weight is 368 g/mol. The molecule has 0 bridgehead atoms. The molecule has 0 spiro atoms. The number of carbonyl (C=O) groups is 3. The number of amides is 1. The number of carbonyl (C=O) groups excluding carboxylic acids is 3. The van der Waals surface area contributed by atoms with Gasteiger partial charge in [-0.1, -0.05) is 6.07 Å². The molecule has 7 nitrogen and oxygen atoms in total. The highest BCUT2D eigenvalue weighted by molar-refractivity contribution is 6.01. The molecule has 1 fully saturated rings. The summed E-state index contributed by atoms with van der Waals surface area (Å²) in [4.78, 5) is 41.0.